The molecule has 2 nitrogen and oxygen atoms in total. The molecule has 0 aliphatic rings. The molecule has 1 heterocycles. The second-order valence-electron chi connectivity index (χ2n) is 3.95. The first-order valence-electron chi connectivity index (χ1n) is 5.53. The molecule has 1 N–H and O–H groups in total. The van der Waals surface area contributed by atoms with Gasteiger partial charge in [-0.1, -0.05) is 31.4 Å². The fraction of sp³-hybridized carbons (Fsp3) is 0.583. The predicted molar refractivity (Wildman–Crippen MR) is 66.6 cm³/mol. The third-order valence-electron chi connectivity index (χ3n) is 2.44. The number of hydrogen-bond donors (Lipinski definition) is 1. The van der Waals surface area contributed by atoms with E-state index in [1.807, 2.05) is 19.1 Å². The van der Waals surface area contributed by atoms with Gasteiger partial charge in [-0.05, 0) is 32.4 Å². The Labute approximate surface area is 97.1 Å². The summed E-state index contributed by atoms with van der Waals surface area (Å²) in [5, 5.41) is 4.01. The van der Waals surface area contributed by atoms with E-state index >= 15 is 0 Å². The van der Waals surface area contributed by atoms with Gasteiger partial charge in [0.15, 0.2) is 0 Å². The minimum Gasteiger partial charge on any atom is -0.381 e. The molecule has 0 radical (unpaired) electrons. The Hall–Kier alpha value is -0.760. The Morgan fingerprint density at radius 2 is 2.20 bits per heavy atom. The van der Waals surface area contributed by atoms with E-state index in [1.165, 1.54) is 19.3 Å². The zero-order valence-electron chi connectivity index (χ0n) is 9.68. The average molecular weight is 227 g/mol. The largest absolute Gasteiger partial charge is 0.381 e. The van der Waals surface area contributed by atoms with Crippen molar-refractivity contribution in [2.45, 2.75) is 46.1 Å². The summed E-state index contributed by atoms with van der Waals surface area (Å²) in [7, 11) is 0. The van der Waals surface area contributed by atoms with Crippen LogP contribution in [0.2, 0.25) is 5.15 Å². The summed E-state index contributed by atoms with van der Waals surface area (Å²) < 4.78 is 0. The highest BCUT2D eigenvalue weighted by atomic mass is 35.5. The molecule has 0 bridgehead atoms. The number of rotatable bonds is 5. The number of hydrogen-bond acceptors (Lipinski definition) is 2. The Morgan fingerprint density at radius 1 is 1.47 bits per heavy atom. The lowest BCUT2D eigenvalue weighted by Crippen LogP contribution is -2.15. The van der Waals surface area contributed by atoms with Gasteiger partial charge in [0.25, 0.3) is 0 Å². The molecule has 0 aliphatic heterocycles. The van der Waals surface area contributed by atoms with Crippen LogP contribution in [0.1, 0.15) is 38.8 Å². The minimum absolute atomic E-state index is 0.492. The van der Waals surface area contributed by atoms with Crippen molar-refractivity contribution >= 4 is 17.3 Å². The van der Waals surface area contributed by atoms with Crippen LogP contribution >= 0.6 is 11.6 Å². The molecule has 1 atom stereocenters. The summed E-state index contributed by atoms with van der Waals surface area (Å²) in [5.74, 6) is 0. The Kier molecular flexibility index (Phi) is 4.89. The van der Waals surface area contributed by atoms with E-state index in [0.717, 1.165) is 11.4 Å². The van der Waals surface area contributed by atoms with Crippen molar-refractivity contribution in [3.8, 4) is 0 Å². The highest BCUT2D eigenvalue weighted by Crippen LogP contribution is 2.17. The molecular weight excluding hydrogens is 208 g/mol. The molecule has 84 valence electrons. The van der Waals surface area contributed by atoms with Gasteiger partial charge in [-0.2, -0.15) is 0 Å². The van der Waals surface area contributed by atoms with Crippen molar-refractivity contribution < 1.29 is 0 Å². The first-order chi connectivity index (χ1) is 7.13. The summed E-state index contributed by atoms with van der Waals surface area (Å²) in [6.45, 7) is 6.38. The van der Waals surface area contributed by atoms with E-state index in [0.29, 0.717) is 11.2 Å². The Balaban J connectivity index is 2.56. The summed E-state index contributed by atoms with van der Waals surface area (Å²) in [4.78, 5) is 4.21. The minimum atomic E-state index is 0.492. The Bertz CT molecular complexity index is 312. The second-order valence-corrected chi connectivity index (χ2v) is 4.34. The number of nitrogens with one attached hydrogen (secondary N) is 1. The smallest absolute Gasteiger partial charge is 0.129 e. The standard InChI is InChI=1S/C12H19ClN2/c1-4-5-6-9(2)14-11-7-8-12(13)15-10(11)3/h7-9,14H,4-6H2,1-3H3. The van der Waals surface area contributed by atoms with Crippen molar-refractivity contribution in [3.63, 3.8) is 0 Å². The third kappa shape index (κ3) is 4.08. The van der Waals surface area contributed by atoms with Crippen LogP contribution in [0.4, 0.5) is 5.69 Å². The van der Waals surface area contributed by atoms with Crippen molar-refractivity contribution in [2.24, 2.45) is 0 Å². The molecular formula is C12H19ClN2. The van der Waals surface area contributed by atoms with Crippen molar-refractivity contribution in [1.29, 1.82) is 0 Å². The molecule has 0 fully saturated rings. The molecule has 0 saturated carbocycles. The zero-order valence-corrected chi connectivity index (χ0v) is 10.4. The van der Waals surface area contributed by atoms with Gasteiger partial charge in [0.2, 0.25) is 0 Å². The highest BCUT2D eigenvalue weighted by molar-refractivity contribution is 6.29. The maximum absolute atomic E-state index is 5.80. The van der Waals surface area contributed by atoms with Gasteiger partial charge in [-0.3, -0.25) is 0 Å². The highest BCUT2D eigenvalue weighted by Gasteiger charge is 2.04. The number of nitrogens with zero attached hydrogens (tertiary/aromatic N) is 1. The predicted octanol–water partition coefficient (Wildman–Crippen LogP) is 4.03. The molecule has 1 aromatic rings. The van der Waals surface area contributed by atoms with Crippen LogP contribution in [0, 0.1) is 6.92 Å². The molecule has 0 aliphatic carbocycles. The SMILES string of the molecule is CCCCC(C)Nc1ccc(Cl)nc1C. The number of aryl methyl sites for hydroxylation is 1. The van der Waals surface area contributed by atoms with E-state index in [4.69, 9.17) is 11.6 Å². The maximum atomic E-state index is 5.80. The first kappa shape index (κ1) is 12.3. The van der Waals surface area contributed by atoms with Crippen molar-refractivity contribution in [2.75, 3.05) is 5.32 Å². The lowest BCUT2D eigenvalue weighted by atomic mass is 10.1. The topological polar surface area (TPSA) is 24.9 Å². The van der Waals surface area contributed by atoms with Crippen LogP contribution in [0.15, 0.2) is 12.1 Å². The maximum Gasteiger partial charge on any atom is 0.129 e. The van der Waals surface area contributed by atoms with E-state index in [9.17, 15) is 0 Å². The van der Waals surface area contributed by atoms with Crippen LogP contribution < -0.4 is 5.32 Å². The van der Waals surface area contributed by atoms with Crippen LogP contribution in [0.3, 0.4) is 0 Å². The lowest BCUT2D eigenvalue weighted by Gasteiger charge is -2.16. The van der Waals surface area contributed by atoms with Gasteiger partial charge in [-0.25, -0.2) is 4.98 Å². The fourth-order valence-corrected chi connectivity index (χ4v) is 1.72. The van der Waals surface area contributed by atoms with E-state index < -0.39 is 0 Å². The molecule has 15 heavy (non-hydrogen) atoms. The fourth-order valence-electron chi connectivity index (χ4n) is 1.53. The summed E-state index contributed by atoms with van der Waals surface area (Å²) >= 11 is 5.80. The molecule has 0 saturated heterocycles. The molecule has 1 aromatic heterocycles. The number of halogens is 1. The number of pyridine rings is 1. The van der Waals surface area contributed by atoms with Crippen LogP contribution in [-0.4, -0.2) is 11.0 Å². The van der Waals surface area contributed by atoms with E-state index in [1.54, 1.807) is 0 Å². The average Bonchev–Trinajstić information content (AvgIpc) is 2.19. The zero-order chi connectivity index (χ0) is 11.3. The number of aromatic nitrogens is 1. The molecule has 1 rings (SSSR count). The van der Waals surface area contributed by atoms with Gasteiger partial charge in [0.1, 0.15) is 5.15 Å². The van der Waals surface area contributed by atoms with E-state index in [2.05, 4.69) is 24.1 Å². The van der Waals surface area contributed by atoms with Gasteiger partial charge in [0, 0.05) is 6.04 Å². The molecule has 0 spiro atoms. The van der Waals surface area contributed by atoms with Crippen LogP contribution in [0.5, 0.6) is 0 Å². The molecule has 0 amide bonds. The van der Waals surface area contributed by atoms with Crippen LogP contribution in [-0.2, 0) is 0 Å². The Morgan fingerprint density at radius 3 is 2.80 bits per heavy atom. The van der Waals surface area contributed by atoms with Crippen molar-refractivity contribution in [3.05, 3.63) is 23.0 Å². The van der Waals surface area contributed by atoms with Gasteiger partial charge in [0.05, 0.1) is 11.4 Å². The molecule has 3 heteroatoms. The van der Waals surface area contributed by atoms with E-state index in [-0.39, 0.29) is 0 Å². The van der Waals surface area contributed by atoms with Gasteiger partial charge < -0.3 is 5.32 Å². The summed E-state index contributed by atoms with van der Waals surface area (Å²) in [5.41, 5.74) is 2.05. The normalized spacial score (nSPS) is 12.5. The van der Waals surface area contributed by atoms with Crippen molar-refractivity contribution in [1.82, 2.24) is 4.98 Å². The summed E-state index contributed by atoms with van der Waals surface area (Å²) in [6.07, 6.45) is 3.69. The summed E-state index contributed by atoms with van der Waals surface area (Å²) in [6, 6.07) is 4.31. The van der Waals surface area contributed by atoms with Gasteiger partial charge in [-0.15, -0.1) is 0 Å². The quantitative estimate of drug-likeness (QED) is 0.767. The second kappa shape index (κ2) is 5.96. The molecule has 1 unspecified atom stereocenters. The number of unbranched alkanes of at least 4 members (excludes halogenated alkanes) is 1. The number of anilines is 1. The molecule has 0 aromatic carbocycles. The first-order valence-corrected chi connectivity index (χ1v) is 5.91. The van der Waals surface area contributed by atoms with Crippen LogP contribution in [0.25, 0.3) is 0 Å². The third-order valence-corrected chi connectivity index (χ3v) is 2.65. The monoisotopic (exact) mass is 226 g/mol. The lowest BCUT2D eigenvalue weighted by molar-refractivity contribution is 0.644. The van der Waals surface area contributed by atoms with Gasteiger partial charge >= 0.3 is 0 Å².